The van der Waals surface area contributed by atoms with Crippen LogP contribution >= 0.6 is 11.6 Å². The van der Waals surface area contributed by atoms with E-state index in [2.05, 4.69) is 25.7 Å². The maximum absolute atomic E-state index is 12.2. The molecule has 2 aromatic heterocycles. The first-order valence-electron chi connectivity index (χ1n) is 8.18. The van der Waals surface area contributed by atoms with E-state index in [4.69, 9.17) is 17.3 Å². The number of rotatable bonds is 5. The van der Waals surface area contributed by atoms with Crippen LogP contribution in [-0.2, 0) is 11.3 Å². The zero-order valence-electron chi connectivity index (χ0n) is 14.5. The lowest BCUT2D eigenvalue weighted by molar-refractivity contribution is -0.123. The molecule has 0 radical (unpaired) electrons. The number of aromatic nitrogens is 4. The van der Waals surface area contributed by atoms with Gasteiger partial charge in [0.25, 0.3) is 0 Å². The molecule has 0 aliphatic heterocycles. The van der Waals surface area contributed by atoms with E-state index in [1.54, 1.807) is 11.7 Å². The average Bonchev–Trinajstić information content (AvgIpc) is 2.76. The van der Waals surface area contributed by atoms with Crippen LogP contribution in [0.5, 0.6) is 0 Å². The summed E-state index contributed by atoms with van der Waals surface area (Å²) in [7, 11) is 1.79. The van der Waals surface area contributed by atoms with Gasteiger partial charge in [-0.2, -0.15) is 10.1 Å². The van der Waals surface area contributed by atoms with E-state index in [1.165, 1.54) is 0 Å². The fourth-order valence-corrected chi connectivity index (χ4v) is 3.17. The van der Waals surface area contributed by atoms with Gasteiger partial charge in [-0.1, -0.05) is 11.6 Å². The molecule has 1 amide bonds. The van der Waals surface area contributed by atoms with E-state index in [0.717, 1.165) is 29.9 Å². The van der Waals surface area contributed by atoms with Crippen LogP contribution in [0.25, 0.3) is 0 Å². The van der Waals surface area contributed by atoms with E-state index < -0.39 is 0 Å². The Morgan fingerprint density at radius 2 is 2.12 bits per heavy atom. The van der Waals surface area contributed by atoms with Crippen molar-refractivity contribution in [2.24, 2.45) is 0 Å². The molecule has 1 aliphatic carbocycles. The van der Waals surface area contributed by atoms with E-state index in [-0.39, 0.29) is 30.4 Å². The average molecular weight is 364 g/mol. The number of nitrogen functional groups attached to an aromatic ring is 1. The van der Waals surface area contributed by atoms with Gasteiger partial charge in [-0.05, 0) is 26.7 Å². The molecule has 0 saturated heterocycles. The van der Waals surface area contributed by atoms with Crippen molar-refractivity contribution in [2.75, 3.05) is 18.1 Å². The van der Waals surface area contributed by atoms with Gasteiger partial charge in [-0.25, -0.2) is 4.98 Å². The van der Waals surface area contributed by atoms with Crippen LogP contribution in [0.1, 0.15) is 35.8 Å². The Labute approximate surface area is 151 Å². The summed E-state index contributed by atoms with van der Waals surface area (Å²) in [5.41, 5.74) is 8.17. The lowest BCUT2D eigenvalue weighted by atomic mass is 9.78. The Morgan fingerprint density at radius 1 is 1.40 bits per heavy atom. The lowest BCUT2D eigenvalue weighted by Gasteiger charge is -2.35. The Bertz CT molecular complexity index is 798. The number of amides is 1. The zero-order chi connectivity index (χ0) is 18.1. The maximum Gasteiger partial charge on any atom is 0.241 e. The van der Waals surface area contributed by atoms with Crippen LogP contribution in [0.3, 0.4) is 0 Å². The topological polar surface area (TPSA) is 111 Å². The largest absolute Gasteiger partial charge is 0.373 e. The number of nitrogens with one attached hydrogen (secondary N) is 2. The summed E-state index contributed by atoms with van der Waals surface area (Å²) in [4.78, 5) is 20.6. The van der Waals surface area contributed by atoms with Gasteiger partial charge in [0.1, 0.15) is 12.4 Å². The summed E-state index contributed by atoms with van der Waals surface area (Å²) >= 11 is 6.11. The summed E-state index contributed by atoms with van der Waals surface area (Å²) < 4.78 is 1.63. The fraction of sp³-hybridized carbons (Fsp3) is 0.500. The molecule has 0 bridgehead atoms. The van der Waals surface area contributed by atoms with Crippen LogP contribution in [0.2, 0.25) is 5.02 Å². The molecule has 134 valence electrons. The van der Waals surface area contributed by atoms with Gasteiger partial charge in [0.05, 0.1) is 22.1 Å². The molecule has 1 saturated carbocycles. The van der Waals surface area contributed by atoms with Crippen molar-refractivity contribution in [2.45, 2.75) is 45.2 Å². The summed E-state index contributed by atoms with van der Waals surface area (Å²) in [6.45, 7) is 3.85. The molecular weight excluding hydrogens is 342 g/mol. The van der Waals surface area contributed by atoms with Gasteiger partial charge in [0.2, 0.25) is 11.9 Å². The highest BCUT2D eigenvalue weighted by atomic mass is 35.5. The second kappa shape index (κ2) is 6.87. The minimum Gasteiger partial charge on any atom is -0.373 e. The Morgan fingerprint density at radius 3 is 2.72 bits per heavy atom. The number of hydrogen-bond donors (Lipinski definition) is 3. The summed E-state index contributed by atoms with van der Waals surface area (Å²) in [5, 5.41) is 10.9. The van der Waals surface area contributed by atoms with Gasteiger partial charge in [-0.3, -0.25) is 9.48 Å². The number of halogens is 1. The van der Waals surface area contributed by atoms with Gasteiger partial charge >= 0.3 is 0 Å². The smallest absolute Gasteiger partial charge is 0.241 e. The van der Waals surface area contributed by atoms with Crippen molar-refractivity contribution in [1.82, 2.24) is 25.1 Å². The molecule has 0 spiro atoms. The predicted molar refractivity (Wildman–Crippen MR) is 96.6 cm³/mol. The highest BCUT2D eigenvalue weighted by Crippen LogP contribution is 2.36. The molecule has 9 heteroatoms. The van der Waals surface area contributed by atoms with Crippen molar-refractivity contribution in [3.8, 4) is 0 Å². The molecule has 2 heterocycles. The van der Waals surface area contributed by atoms with Crippen LogP contribution < -0.4 is 16.4 Å². The molecule has 1 fully saturated rings. The molecule has 3 rings (SSSR count). The van der Waals surface area contributed by atoms with Crippen molar-refractivity contribution >= 4 is 29.3 Å². The lowest BCUT2D eigenvalue weighted by Crippen LogP contribution is -2.45. The minimum absolute atomic E-state index is 0.0659. The Hall–Kier alpha value is -2.35. The molecule has 4 N–H and O–H groups in total. The van der Waals surface area contributed by atoms with E-state index in [0.29, 0.717) is 10.8 Å². The van der Waals surface area contributed by atoms with E-state index in [9.17, 15) is 4.79 Å². The van der Waals surface area contributed by atoms with Crippen LogP contribution in [0, 0.1) is 13.8 Å². The van der Waals surface area contributed by atoms with Crippen LogP contribution in [0.15, 0.2) is 6.07 Å². The highest BCUT2D eigenvalue weighted by Gasteiger charge is 2.33. The molecule has 0 unspecified atom stereocenters. The third kappa shape index (κ3) is 3.68. The standard InChI is InChI=1S/C16H22ClN7O/c1-8-15(17)9(2)24(23-8)7-14(25)20-11-4-10(5-11)12-6-13(19-3)22-16(18)21-12/h6,10-11H,4-5,7H2,1-3H3,(H,20,25)(H3,18,19,21,22). The first kappa shape index (κ1) is 17.5. The first-order chi connectivity index (χ1) is 11.9. The summed E-state index contributed by atoms with van der Waals surface area (Å²) in [6, 6.07) is 2.04. The third-order valence-corrected chi connectivity index (χ3v) is 5.07. The van der Waals surface area contributed by atoms with Gasteiger partial charge in [0.15, 0.2) is 0 Å². The van der Waals surface area contributed by atoms with E-state index >= 15 is 0 Å². The molecule has 8 nitrogen and oxygen atoms in total. The first-order valence-corrected chi connectivity index (χ1v) is 8.56. The molecule has 1 aliphatic rings. The molecule has 2 aromatic rings. The second-order valence-corrected chi connectivity index (χ2v) is 6.74. The quantitative estimate of drug-likeness (QED) is 0.744. The summed E-state index contributed by atoms with van der Waals surface area (Å²) in [5.74, 6) is 1.18. The SMILES string of the molecule is CNc1cc(C2CC(NC(=O)Cn3nc(C)c(Cl)c3C)C2)nc(N)n1. The molecule has 25 heavy (non-hydrogen) atoms. The normalized spacial score (nSPS) is 19.4. The maximum atomic E-state index is 12.2. The Kier molecular flexibility index (Phi) is 4.80. The van der Waals surface area contributed by atoms with Gasteiger partial charge in [-0.15, -0.1) is 0 Å². The van der Waals surface area contributed by atoms with E-state index in [1.807, 2.05) is 19.9 Å². The predicted octanol–water partition coefficient (Wildman–Crippen LogP) is 1.63. The van der Waals surface area contributed by atoms with Gasteiger partial charge in [0, 0.05) is 25.1 Å². The number of nitrogens with zero attached hydrogens (tertiary/aromatic N) is 4. The van der Waals surface area contributed by atoms with Crippen LogP contribution in [-0.4, -0.2) is 38.7 Å². The fourth-order valence-electron chi connectivity index (χ4n) is 3.04. The molecule has 0 atom stereocenters. The zero-order valence-corrected chi connectivity index (χ0v) is 15.3. The number of carbonyl (C=O) groups is 1. The van der Waals surface area contributed by atoms with Crippen molar-refractivity contribution in [1.29, 1.82) is 0 Å². The molecular formula is C16H22ClN7O. The van der Waals surface area contributed by atoms with Crippen molar-refractivity contribution in [3.63, 3.8) is 0 Å². The summed E-state index contributed by atoms with van der Waals surface area (Å²) in [6.07, 6.45) is 1.67. The van der Waals surface area contributed by atoms with Crippen molar-refractivity contribution in [3.05, 3.63) is 28.2 Å². The number of carbonyl (C=O) groups excluding carboxylic acids is 1. The van der Waals surface area contributed by atoms with Gasteiger partial charge < -0.3 is 16.4 Å². The molecule has 0 aromatic carbocycles. The van der Waals surface area contributed by atoms with Crippen LogP contribution in [0.4, 0.5) is 11.8 Å². The minimum atomic E-state index is -0.0659. The third-order valence-electron chi connectivity index (χ3n) is 4.53. The number of nitrogens with two attached hydrogens (primary N) is 1. The van der Waals surface area contributed by atoms with Crippen molar-refractivity contribution < 1.29 is 4.79 Å². The number of hydrogen-bond acceptors (Lipinski definition) is 6. The monoisotopic (exact) mass is 363 g/mol. The number of anilines is 2. The number of aryl methyl sites for hydroxylation is 1. The second-order valence-electron chi connectivity index (χ2n) is 6.36. The highest BCUT2D eigenvalue weighted by molar-refractivity contribution is 6.31. The Balaban J connectivity index is 1.54.